The lowest BCUT2D eigenvalue weighted by Gasteiger charge is -2.23. The van der Waals surface area contributed by atoms with Crippen molar-refractivity contribution in [1.82, 2.24) is 0 Å². The molecule has 0 saturated carbocycles. The lowest BCUT2D eigenvalue weighted by atomic mass is 9.81. The monoisotopic (exact) mass is 792 g/mol. The minimum atomic E-state index is 0.446. The quantitative estimate of drug-likeness (QED) is 0.126. The van der Waals surface area contributed by atoms with E-state index in [1.54, 1.807) is 0 Å². The molecule has 10 aromatic rings. The lowest BCUT2D eigenvalue weighted by Crippen LogP contribution is -2.06. The zero-order chi connectivity index (χ0) is 40.0. The SMILES string of the molecule is C1=CC2Sc3c(-c4cccc(-c5c6ccccc6c(C6=CC=C(c7cc8c9ccccc9c9ccccc9c8c8ccccc78)CC6)c6ccccc56)c4)cccc3C2C=C1. The predicted molar refractivity (Wildman–Crippen MR) is 265 cm³/mol. The van der Waals surface area contributed by atoms with Gasteiger partial charge in [-0.05, 0) is 140 Å². The van der Waals surface area contributed by atoms with Crippen LogP contribution in [0.5, 0.6) is 0 Å². The average Bonchev–Trinajstić information content (AvgIpc) is 3.72. The van der Waals surface area contributed by atoms with Gasteiger partial charge in [-0.15, -0.1) is 11.8 Å². The Morgan fingerprint density at radius 1 is 0.377 bits per heavy atom. The molecule has 2 atom stereocenters. The van der Waals surface area contributed by atoms with E-state index < -0.39 is 0 Å². The second-order valence-corrected chi connectivity index (χ2v) is 18.1. The number of rotatable bonds is 4. The maximum absolute atomic E-state index is 2.49. The van der Waals surface area contributed by atoms with Crippen LogP contribution in [0.3, 0.4) is 0 Å². The normalized spacial score (nSPS) is 17.0. The van der Waals surface area contributed by atoms with Gasteiger partial charge >= 0.3 is 0 Å². The highest BCUT2D eigenvalue weighted by molar-refractivity contribution is 8.00. The molecular weight excluding hydrogens is 753 g/mol. The van der Waals surface area contributed by atoms with Gasteiger partial charge in [0.2, 0.25) is 0 Å². The minimum Gasteiger partial charge on any atom is -0.117 e. The van der Waals surface area contributed by atoms with Crippen LogP contribution in [0.15, 0.2) is 211 Å². The molecule has 13 rings (SSSR count). The van der Waals surface area contributed by atoms with E-state index in [0.29, 0.717) is 11.2 Å². The van der Waals surface area contributed by atoms with Gasteiger partial charge in [0.1, 0.15) is 0 Å². The molecule has 2 unspecified atom stereocenters. The Balaban J connectivity index is 0.966. The first-order valence-corrected chi connectivity index (χ1v) is 22.5. The first-order valence-electron chi connectivity index (χ1n) is 21.6. The van der Waals surface area contributed by atoms with E-state index >= 15 is 0 Å². The molecule has 2 aliphatic carbocycles. The maximum Gasteiger partial charge on any atom is 0.0381 e. The van der Waals surface area contributed by atoms with Gasteiger partial charge in [0, 0.05) is 16.1 Å². The fraction of sp³-hybridized carbons (Fsp3) is 0.0667. The summed E-state index contributed by atoms with van der Waals surface area (Å²) in [6, 6.07) is 63.9. The summed E-state index contributed by atoms with van der Waals surface area (Å²) in [5.41, 5.74) is 12.2. The highest BCUT2D eigenvalue weighted by Crippen LogP contribution is 2.52. The number of allylic oxidation sites excluding steroid dienone is 7. The van der Waals surface area contributed by atoms with Crippen LogP contribution < -0.4 is 0 Å². The Kier molecular flexibility index (Phi) is 7.90. The predicted octanol–water partition coefficient (Wildman–Crippen LogP) is 16.9. The summed E-state index contributed by atoms with van der Waals surface area (Å²) in [5.74, 6) is 0.446. The summed E-state index contributed by atoms with van der Waals surface area (Å²) in [5, 5.41) is 16.3. The van der Waals surface area contributed by atoms with Crippen LogP contribution in [0.4, 0.5) is 0 Å². The van der Waals surface area contributed by atoms with E-state index in [4.69, 9.17) is 0 Å². The summed E-state index contributed by atoms with van der Waals surface area (Å²) in [4.78, 5) is 1.42. The fourth-order valence-electron chi connectivity index (χ4n) is 11.0. The summed E-state index contributed by atoms with van der Waals surface area (Å²) < 4.78 is 0. The zero-order valence-electron chi connectivity index (χ0n) is 33.6. The van der Waals surface area contributed by atoms with Gasteiger partial charge in [-0.2, -0.15) is 0 Å². The van der Waals surface area contributed by atoms with E-state index in [0.717, 1.165) is 12.8 Å². The van der Waals surface area contributed by atoms with Gasteiger partial charge in [-0.3, -0.25) is 0 Å². The minimum absolute atomic E-state index is 0.446. The molecule has 0 radical (unpaired) electrons. The van der Waals surface area contributed by atoms with E-state index in [1.165, 1.54) is 120 Å². The van der Waals surface area contributed by atoms with Crippen molar-refractivity contribution in [3.05, 3.63) is 223 Å². The van der Waals surface area contributed by atoms with Gasteiger partial charge in [-0.1, -0.05) is 194 Å². The highest BCUT2D eigenvalue weighted by Gasteiger charge is 2.33. The van der Waals surface area contributed by atoms with Crippen LogP contribution in [0.2, 0.25) is 0 Å². The van der Waals surface area contributed by atoms with Gasteiger partial charge in [-0.25, -0.2) is 0 Å². The lowest BCUT2D eigenvalue weighted by molar-refractivity contribution is 0.881. The molecule has 0 bridgehead atoms. The highest BCUT2D eigenvalue weighted by atomic mass is 32.2. The Morgan fingerprint density at radius 3 is 1.59 bits per heavy atom. The van der Waals surface area contributed by atoms with Crippen LogP contribution >= 0.6 is 11.8 Å². The third-order valence-corrected chi connectivity index (χ3v) is 15.1. The molecule has 1 heterocycles. The third-order valence-electron chi connectivity index (χ3n) is 13.7. The number of hydrogen-bond donors (Lipinski definition) is 0. The Hall–Kier alpha value is -6.93. The molecule has 286 valence electrons. The summed E-state index contributed by atoms with van der Waals surface area (Å²) >= 11 is 2.02. The van der Waals surface area contributed by atoms with Crippen molar-refractivity contribution in [1.29, 1.82) is 0 Å². The molecule has 1 aliphatic heterocycles. The molecule has 1 heteroatoms. The smallest absolute Gasteiger partial charge is 0.0381 e. The Labute approximate surface area is 359 Å². The van der Waals surface area contributed by atoms with Crippen molar-refractivity contribution in [2.75, 3.05) is 0 Å². The number of hydrogen-bond acceptors (Lipinski definition) is 1. The molecule has 0 aromatic heterocycles. The van der Waals surface area contributed by atoms with Gasteiger partial charge in [0.25, 0.3) is 0 Å². The first kappa shape index (κ1) is 34.9. The van der Waals surface area contributed by atoms with Crippen molar-refractivity contribution in [3.8, 4) is 22.3 Å². The topological polar surface area (TPSA) is 0 Å². The molecule has 0 spiro atoms. The standard InChI is InChI=1S/C60H40S/c1-2-19-44-42(17-1)43-18-3-5-22-47(43)59-48-23-6-4-20-45(48)54(36-55(44)59)37-31-33-38(34-32-37)57-49-24-7-9-26-51(49)58(52-27-10-8-25-50(52)57)40-16-13-15-39(35-40)41-28-14-29-53-46-21-11-12-30-56(46)61-60(41)53/h1-31,33,35-36,46,56H,32,34H2. The van der Waals surface area contributed by atoms with E-state index in [9.17, 15) is 0 Å². The van der Waals surface area contributed by atoms with Crippen molar-refractivity contribution < 1.29 is 0 Å². The number of fused-ring (bicyclic) bond motifs is 13. The molecule has 0 fully saturated rings. The summed E-state index contributed by atoms with van der Waals surface area (Å²) in [7, 11) is 0. The molecule has 0 amide bonds. The Bertz CT molecular complexity index is 3570. The summed E-state index contributed by atoms with van der Waals surface area (Å²) in [6.45, 7) is 0. The average molecular weight is 793 g/mol. The van der Waals surface area contributed by atoms with Crippen molar-refractivity contribution in [2.24, 2.45) is 0 Å². The third kappa shape index (κ3) is 5.34. The van der Waals surface area contributed by atoms with Crippen LogP contribution in [0.1, 0.15) is 35.4 Å². The molecule has 10 aromatic carbocycles. The van der Waals surface area contributed by atoms with Gasteiger partial charge in [0.15, 0.2) is 0 Å². The second-order valence-electron chi connectivity index (χ2n) is 16.9. The zero-order valence-corrected chi connectivity index (χ0v) is 34.4. The molecule has 3 aliphatic rings. The van der Waals surface area contributed by atoms with Crippen LogP contribution in [-0.2, 0) is 0 Å². The molecule has 0 saturated heterocycles. The van der Waals surface area contributed by atoms with Gasteiger partial charge < -0.3 is 0 Å². The van der Waals surface area contributed by atoms with Crippen LogP contribution in [0, 0.1) is 0 Å². The van der Waals surface area contributed by atoms with Gasteiger partial charge in [0.05, 0.1) is 0 Å². The molecule has 61 heavy (non-hydrogen) atoms. The first-order chi connectivity index (χ1) is 30.3. The van der Waals surface area contributed by atoms with E-state index in [1.807, 2.05) is 11.8 Å². The fourth-order valence-corrected chi connectivity index (χ4v) is 12.5. The molecule has 0 nitrogen and oxygen atoms in total. The number of thioether (sulfide) groups is 1. The van der Waals surface area contributed by atoms with Crippen LogP contribution in [-0.4, -0.2) is 5.25 Å². The largest absolute Gasteiger partial charge is 0.117 e. The maximum atomic E-state index is 2.49. The molecular formula is C60H40S. The second kappa shape index (κ2) is 13.8. The van der Waals surface area contributed by atoms with Crippen molar-refractivity contribution in [3.63, 3.8) is 0 Å². The molecule has 0 N–H and O–H groups in total. The van der Waals surface area contributed by atoms with Crippen molar-refractivity contribution in [2.45, 2.75) is 28.9 Å². The van der Waals surface area contributed by atoms with Crippen LogP contribution in [0.25, 0.3) is 98.0 Å². The summed E-state index contributed by atoms with van der Waals surface area (Å²) in [6.07, 6.45) is 16.0. The van der Waals surface area contributed by atoms with E-state index in [2.05, 4.69) is 206 Å². The Morgan fingerprint density at radius 2 is 0.902 bits per heavy atom. The number of benzene rings is 10. The van der Waals surface area contributed by atoms with E-state index in [-0.39, 0.29) is 0 Å². The van der Waals surface area contributed by atoms with Crippen molar-refractivity contribution >= 4 is 87.5 Å².